The molecule has 0 aliphatic carbocycles. The number of hydrogen-bond acceptors (Lipinski definition) is 4. The number of pyridine rings is 1. The highest BCUT2D eigenvalue weighted by Gasteiger charge is 2.01. The van der Waals surface area contributed by atoms with Gasteiger partial charge in [0.25, 0.3) is 0 Å². The summed E-state index contributed by atoms with van der Waals surface area (Å²) in [7, 11) is 1.67. The molecule has 2 aromatic rings. The Labute approximate surface area is 137 Å². The van der Waals surface area contributed by atoms with E-state index in [4.69, 9.17) is 4.74 Å². The molecule has 0 aliphatic rings. The first-order chi connectivity index (χ1) is 11.3. The Morgan fingerprint density at radius 1 is 1.13 bits per heavy atom. The molecule has 0 fully saturated rings. The van der Waals surface area contributed by atoms with Crippen molar-refractivity contribution in [1.82, 2.24) is 15.6 Å². The molecule has 0 atom stereocenters. The molecule has 2 N–H and O–H groups in total. The van der Waals surface area contributed by atoms with Crippen molar-refractivity contribution < 1.29 is 9.53 Å². The van der Waals surface area contributed by atoms with Gasteiger partial charge in [0.15, 0.2) is 0 Å². The molecule has 23 heavy (non-hydrogen) atoms. The molecule has 5 heteroatoms. The Balaban J connectivity index is 1.57. The number of amides is 1. The molecule has 5 nitrogen and oxygen atoms in total. The van der Waals surface area contributed by atoms with Crippen LogP contribution >= 0.6 is 0 Å². The summed E-state index contributed by atoms with van der Waals surface area (Å²) in [5, 5.41) is 6.19. The summed E-state index contributed by atoms with van der Waals surface area (Å²) < 4.78 is 5.20. The summed E-state index contributed by atoms with van der Waals surface area (Å²) in [6, 6.07) is 11.8. The van der Waals surface area contributed by atoms with Gasteiger partial charge in [0.05, 0.1) is 7.11 Å². The van der Waals surface area contributed by atoms with E-state index in [1.807, 2.05) is 30.3 Å². The highest BCUT2D eigenvalue weighted by molar-refractivity contribution is 5.76. The van der Waals surface area contributed by atoms with Gasteiger partial charge in [-0.25, -0.2) is 0 Å². The first-order valence-corrected chi connectivity index (χ1v) is 7.77. The lowest BCUT2D eigenvalue weighted by Crippen LogP contribution is -2.28. The molecule has 0 bridgehead atoms. The van der Waals surface area contributed by atoms with Crippen LogP contribution in [0.5, 0.6) is 5.75 Å². The van der Waals surface area contributed by atoms with Gasteiger partial charge in [0.1, 0.15) is 5.75 Å². The Kier molecular flexibility index (Phi) is 7.07. The van der Waals surface area contributed by atoms with Gasteiger partial charge < -0.3 is 15.4 Å². The SMILES string of the molecule is COc1cccc(CCNCCC(=O)NCc2ccncc2)c1. The number of nitrogens with zero attached hydrogens (tertiary/aromatic N) is 1. The average molecular weight is 313 g/mol. The van der Waals surface area contributed by atoms with Gasteiger partial charge in [-0.15, -0.1) is 0 Å². The summed E-state index contributed by atoms with van der Waals surface area (Å²) >= 11 is 0. The quantitative estimate of drug-likeness (QED) is 0.694. The molecule has 122 valence electrons. The summed E-state index contributed by atoms with van der Waals surface area (Å²) in [5.74, 6) is 0.925. The standard InChI is InChI=1S/C18H23N3O2/c1-23-17-4-2-3-15(13-17)5-9-20-12-8-18(22)21-14-16-6-10-19-11-7-16/h2-4,6-7,10-11,13,20H,5,8-9,12,14H2,1H3,(H,21,22). The summed E-state index contributed by atoms with van der Waals surface area (Å²) in [6.07, 6.45) is 4.84. The van der Waals surface area contributed by atoms with Crippen molar-refractivity contribution in [3.8, 4) is 5.75 Å². The lowest BCUT2D eigenvalue weighted by Gasteiger charge is -2.07. The third-order valence-corrected chi connectivity index (χ3v) is 3.49. The molecular formula is C18H23N3O2. The molecule has 0 aliphatic heterocycles. The first kappa shape index (κ1) is 17.0. The van der Waals surface area contributed by atoms with Crippen LogP contribution in [0.2, 0.25) is 0 Å². The van der Waals surface area contributed by atoms with Crippen LogP contribution < -0.4 is 15.4 Å². The number of carbonyl (C=O) groups is 1. The van der Waals surface area contributed by atoms with Gasteiger partial charge in [0.2, 0.25) is 5.91 Å². The van der Waals surface area contributed by atoms with Crippen LogP contribution in [0.4, 0.5) is 0 Å². The fraction of sp³-hybridized carbons (Fsp3) is 0.333. The Morgan fingerprint density at radius 3 is 2.74 bits per heavy atom. The van der Waals surface area contributed by atoms with E-state index in [1.165, 1.54) is 5.56 Å². The maximum atomic E-state index is 11.7. The van der Waals surface area contributed by atoms with Gasteiger partial charge in [-0.1, -0.05) is 12.1 Å². The third-order valence-electron chi connectivity index (χ3n) is 3.49. The monoisotopic (exact) mass is 313 g/mol. The molecule has 2 rings (SSSR count). The minimum atomic E-state index is 0.0516. The van der Waals surface area contributed by atoms with E-state index in [2.05, 4.69) is 21.7 Å². The van der Waals surface area contributed by atoms with Crippen LogP contribution in [0.15, 0.2) is 48.8 Å². The van der Waals surface area contributed by atoms with Crippen molar-refractivity contribution in [2.24, 2.45) is 0 Å². The highest BCUT2D eigenvalue weighted by Crippen LogP contribution is 2.12. The van der Waals surface area contributed by atoms with Gasteiger partial charge in [-0.2, -0.15) is 0 Å². The topological polar surface area (TPSA) is 63.2 Å². The van der Waals surface area contributed by atoms with Crippen molar-refractivity contribution in [2.75, 3.05) is 20.2 Å². The smallest absolute Gasteiger partial charge is 0.221 e. The van der Waals surface area contributed by atoms with Crippen LogP contribution in [-0.4, -0.2) is 31.1 Å². The van der Waals surface area contributed by atoms with E-state index in [9.17, 15) is 4.79 Å². The minimum absolute atomic E-state index is 0.0516. The van der Waals surface area contributed by atoms with Gasteiger partial charge in [-0.05, 0) is 48.4 Å². The number of nitrogens with one attached hydrogen (secondary N) is 2. The van der Waals surface area contributed by atoms with E-state index in [1.54, 1.807) is 19.5 Å². The molecule has 1 aromatic carbocycles. The second kappa shape index (κ2) is 9.58. The molecule has 0 unspecified atom stereocenters. The molecule has 1 aromatic heterocycles. The fourth-order valence-corrected chi connectivity index (χ4v) is 2.18. The molecular weight excluding hydrogens is 290 g/mol. The Morgan fingerprint density at radius 2 is 1.96 bits per heavy atom. The van der Waals surface area contributed by atoms with Crippen LogP contribution in [0, 0.1) is 0 Å². The summed E-state index contributed by atoms with van der Waals surface area (Å²) in [6.45, 7) is 2.06. The molecule has 0 radical (unpaired) electrons. The second-order valence-electron chi connectivity index (χ2n) is 5.23. The number of aromatic nitrogens is 1. The number of hydrogen-bond donors (Lipinski definition) is 2. The van der Waals surface area contributed by atoms with Crippen molar-refractivity contribution in [3.05, 3.63) is 59.9 Å². The van der Waals surface area contributed by atoms with Crippen LogP contribution in [0.25, 0.3) is 0 Å². The molecule has 0 saturated heterocycles. The zero-order valence-corrected chi connectivity index (χ0v) is 13.4. The van der Waals surface area contributed by atoms with Gasteiger partial charge in [0, 0.05) is 31.9 Å². The number of carbonyl (C=O) groups excluding carboxylic acids is 1. The number of benzene rings is 1. The van der Waals surface area contributed by atoms with E-state index in [0.29, 0.717) is 19.5 Å². The van der Waals surface area contributed by atoms with Crippen molar-refractivity contribution in [3.63, 3.8) is 0 Å². The van der Waals surface area contributed by atoms with Gasteiger partial charge in [-0.3, -0.25) is 9.78 Å². The molecule has 0 saturated carbocycles. The largest absolute Gasteiger partial charge is 0.497 e. The maximum absolute atomic E-state index is 11.7. The molecule has 1 heterocycles. The normalized spacial score (nSPS) is 10.3. The number of ether oxygens (including phenoxy) is 1. The Bertz CT molecular complexity index is 602. The lowest BCUT2D eigenvalue weighted by molar-refractivity contribution is -0.121. The minimum Gasteiger partial charge on any atom is -0.497 e. The van der Waals surface area contributed by atoms with Crippen LogP contribution in [0.3, 0.4) is 0 Å². The number of methoxy groups -OCH3 is 1. The number of rotatable bonds is 9. The average Bonchev–Trinajstić information content (AvgIpc) is 2.61. The van der Waals surface area contributed by atoms with Crippen LogP contribution in [0.1, 0.15) is 17.5 Å². The zero-order valence-electron chi connectivity index (χ0n) is 13.4. The van der Waals surface area contributed by atoms with Crippen molar-refractivity contribution in [2.45, 2.75) is 19.4 Å². The van der Waals surface area contributed by atoms with E-state index in [-0.39, 0.29) is 5.91 Å². The maximum Gasteiger partial charge on any atom is 0.221 e. The van der Waals surface area contributed by atoms with E-state index >= 15 is 0 Å². The lowest BCUT2D eigenvalue weighted by atomic mass is 10.1. The third kappa shape index (κ3) is 6.48. The van der Waals surface area contributed by atoms with Crippen molar-refractivity contribution >= 4 is 5.91 Å². The predicted octanol–water partition coefficient (Wildman–Crippen LogP) is 1.93. The van der Waals surface area contributed by atoms with Crippen molar-refractivity contribution in [1.29, 1.82) is 0 Å². The zero-order chi connectivity index (χ0) is 16.3. The molecule has 0 spiro atoms. The van der Waals surface area contributed by atoms with E-state index < -0.39 is 0 Å². The Hall–Kier alpha value is -2.40. The summed E-state index contributed by atoms with van der Waals surface area (Å²) in [4.78, 5) is 15.7. The van der Waals surface area contributed by atoms with E-state index in [0.717, 1.165) is 24.3 Å². The molecule has 1 amide bonds. The van der Waals surface area contributed by atoms with Crippen LogP contribution in [-0.2, 0) is 17.8 Å². The highest BCUT2D eigenvalue weighted by atomic mass is 16.5. The van der Waals surface area contributed by atoms with Gasteiger partial charge >= 0.3 is 0 Å². The fourth-order valence-electron chi connectivity index (χ4n) is 2.18. The second-order valence-corrected chi connectivity index (χ2v) is 5.23. The summed E-state index contributed by atoms with van der Waals surface area (Å²) in [5.41, 5.74) is 2.28. The predicted molar refractivity (Wildman–Crippen MR) is 90.3 cm³/mol. The first-order valence-electron chi connectivity index (χ1n) is 7.77.